The van der Waals surface area contributed by atoms with Crippen molar-refractivity contribution in [3.05, 3.63) is 59.7 Å². The van der Waals surface area contributed by atoms with Gasteiger partial charge in [0.15, 0.2) is 6.61 Å². The Labute approximate surface area is 192 Å². The van der Waals surface area contributed by atoms with Gasteiger partial charge in [0.05, 0.1) is 4.90 Å². The molecule has 6 nitrogen and oxygen atoms in total. The van der Waals surface area contributed by atoms with Crippen LogP contribution in [0.1, 0.15) is 37.8 Å². The van der Waals surface area contributed by atoms with Crippen LogP contribution in [0.15, 0.2) is 53.4 Å². The van der Waals surface area contributed by atoms with Gasteiger partial charge in [-0.05, 0) is 61.4 Å². The highest BCUT2D eigenvalue weighted by Crippen LogP contribution is 2.25. The number of carbonyl (C=O) groups excluding carboxylic acids is 1. The first-order valence-corrected chi connectivity index (χ1v) is 12.8. The Hall–Kier alpha value is -2.38. The molecule has 0 aromatic heterocycles. The molecular weight excluding hydrogens is 424 g/mol. The van der Waals surface area contributed by atoms with Crippen molar-refractivity contribution in [3.63, 3.8) is 0 Å². The minimum atomic E-state index is -3.51. The maximum Gasteiger partial charge on any atom is 0.260 e. The first-order chi connectivity index (χ1) is 15.3. The summed E-state index contributed by atoms with van der Waals surface area (Å²) in [6.07, 6.45) is 3.05. The number of benzene rings is 2. The number of sulfonamides is 1. The highest BCUT2D eigenvalue weighted by atomic mass is 32.2. The van der Waals surface area contributed by atoms with E-state index in [0.717, 1.165) is 32.4 Å². The normalized spacial score (nSPS) is 15.2. The molecule has 0 bridgehead atoms. The van der Waals surface area contributed by atoms with Crippen LogP contribution < -0.4 is 4.74 Å². The molecule has 0 aliphatic carbocycles. The van der Waals surface area contributed by atoms with Crippen LogP contribution in [0, 0.1) is 12.8 Å². The topological polar surface area (TPSA) is 66.9 Å². The van der Waals surface area contributed by atoms with Gasteiger partial charge in [0.2, 0.25) is 10.0 Å². The Morgan fingerprint density at radius 1 is 1.06 bits per heavy atom. The van der Waals surface area contributed by atoms with Crippen LogP contribution in [0.25, 0.3) is 0 Å². The number of nitrogens with zero attached hydrogens (tertiary/aromatic N) is 2. The summed E-state index contributed by atoms with van der Waals surface area (Å²) in [6.45, 7) is 7.75. The lowest BCUT2D eigenvalue weighted by Crippen LogP contribution is -2.41. The van der Waals surface area contributed by atoms with E-state index in [4.69, 9.17) is 4.74 Å². The van der Waals surface area contributed by atoms with Gasteiger partial charge in [-0.15, -0.1) is 0 Å². The van der Waals surface area contributed by atoms with Crippen LogP contribution in [-0.4, -0.2) is 56.3 Å². The predicted octanol–water partition coefficient (Wildman–Crippen LogP) is 3.89. The van der Waals surface area contributed by atoms with E-state index in [0.29, 0.717) is 30.3 Å². The van der Waals surface area contributed by atoms with E-state index in [2.05, 4.69) is 24.3 Å². The zero-order chi connectivity index (χ0) is 23.1. The summed E-state index contributed by atoms with van der Waals surface area (Å²) >= 11 is 0. The zero-order valence-corrected chi connectivity index (χ0v) is 20.1. The summed E-state index contributed by atoms with van der Waals surface area (Å²) in [7, 11) is -3.51. The van der Waals surface area contributed by atoms with E-state index in [-0.39, 0.29) is 17.4 Å². The summed E-state index contributed by atoms with van der Waals surface area (Å²) in [5.41, 5.74) is 2.05. The molecule has 1 fully saturated rings. The molecule has 7 heteroatoms. The molecule has 0 saturated carbocycles. The third-order valence-electron chi connectivity index (χ3n) is 6.18. The number of carbonyl (C=O) groups is 1. The largest absolute Gasteiger partial charge is 0.483 e. The third-order valence-corrected chi connectivity index (χ3v) is 8.22. The Bertz CT molecular complexity index is 996. The molecule has 2 aromatic rings. The van der Waals surface area contributed by atoms with Crippen LogP contribution in [0.3, 0.4) is 0 Å². The lowest BCUT2D eigenvalue weighted by molar-refractivity contribution is -0.134. The maximum atomic E-state index is 12.7. The highest BCUT2D eigenvalue weighted by molar-refractivity contribution is 7.89. The fraction of sp³-hybridized carbons (Fsp3) is 0.480. The summed E-state index contributed by atoms with van der Waals surface area (Å²) in [6, 6.07) is 15.3. The zero-order valence-electron chi connectivity index (χ0n) is 19.3. The Kier molecular flexibility index (Phi) is 8.32. The number of piperidine rings is 1. The van der Waals surface area contributed by atoms with Crippen molar-refractivity contribution in [2.75, 3.05) is 32.8 Å². The summed E-state index contributed by atoms with van der Waals surface area (Å²) < 4.78 is 32.6. The Morgan fingerprint density at radius 3 is 2.31 bits per heavy atom. The molecule has 1 aliphatic rings. The lowest BCUT2D eigenvalue weighted by atomic mass is 9.90. The molecule has 174 valence electrons. The molecule has 0 N–H and O–H groups in total. The van der Waals surface area contributed by atoms with Crippen LogP contribution in [0.4, 0.5) is 0 Å². The standard InChI is InChI=1S/C25H34N2O4S/c1-4-27(5-2)32(29,30)23-11-12-24(20(3)17-23)31-19-25(28)26-15-13-22(14-16-26)18-21-9-7-6-8-10-21/h6-12,17,22H,4-5,13-16,18-19H2,1-3H3. The number of rotatable bonds is 9. The molecular formula is C25H34N2O4S. The van der Waals surface area contributed by atoms with Gasteiger partial charge in [-0.3, -0.25) is 4.79 Å². The van der Waals surface area contributed by atoms with Gasteiger partial charge in [-0.2, -0.15) is 4.31 Å². The molecule has 1 amide bonds. The average Bonchev–Trinajstić information content (AvgIpc) is 2.80. The smallest absolute Gasteiger partial charge is 0.260 e. The van der Waals surface area contributed by atoms with Crippen molar-refractivity contribution in [1.82, 2.24) is 9.21 Å². The molecule has 1 heterocycles. The molecule has 0 spiro atoms. The van der Waals surface area contributed by atoms with Crippen molar-refractivity contribution in [3.8, 4) is 5.75 Å². The molecule has 2 aromatic carbocycles. The van der Waals surface area contributed by atoms with E-state index in [1.165, 1.54) is 9.87 Å². The molecule has 0 radical (unpaired) electrons. The fourth-order valence-corrected chi connectivity index (χ4v) is 5.77. The Morgan fingerprint density at radius 2 is 1.72 bits per heavy atom. The average molecular weight is 459 g/mol. The van der Waals surface area contributed by atoms with Gasteiger partial charge < -0.3 is 9.64 Å². The second-order valence-corrected chi connectivity index (χ2v) is 10.3. The molecule has 0 unspecified atom stereocenters. The number of hydrogen-bond donors (Lipinski definition) is 0. The van der Waals surface area contributed by atoms with Crippen LogP contribution >= 0.6 is 0 Å². The molecule has 0 atom stereocenters. The molecule has 1 saturated heterocycles. The predicted molar refractivity (Wildman–Crippen MR) is 126 cm³/mol. The number of aryl methyl sites for hydroxylation is 1. The van der Waals surface area contributed by atoms with Gasteiger partial charge in [0.1, 0.15) is 5.75 Å². The summed E-state index contributed by atoms with van der Waals surface area (Å²) in [4.78, 5) is 14.8. The fourth-order valence-electron chi connectivity index (χ4n) is 4.22. The molecule has 1 aliphatic heterocycles. The van der Waals surface area contributed by atoms with Gasteiger partial charge in [0, 0.05) is 26.2 Å². The van der Waals surface area contributed by atoms with Crippen LogP contribution in [0.2, 0.25) is 0 Å². The molecule has 32 heavy (non-hydrogen) atoms. The quantitative estimate of drug-likeness (QED) is 0.572. The number of hydrogen-bond acceptors (Lipinski definition) is 4. The Balaban J connectivity index is 1.52. The maximum absolute atomic E-state index is 12.7. The lowest BCUT2D eigenvalue weighted by Gasteiger charge is -2.32. The SMILES string of the molecule is CCN(CC)S(=O)(=O)c1ccc(OCC(=O)N2CCC(Cc3ccccc3)CC2)c(C)c1. The number of ether oxygens (including phenoxy) is 1. The summed E-state index contributed by atoms with van der Waals surface area (Å²) in [5, 5.41) is 0. The monoisotopic (exact) mass is 458 g/mol. The van der Waals surface area contributed by atoms with Crippen molar-refractivity contribution < 1.29 is 17.9 Å². The third kappa shape index (κ3) is 5.90. The van der Waals surface area contributed by atoms with Crippen molar-refractivity contribution in [2.24, 2.45) is 5.92 Å². The van der Waals surface area contributed by atoms with Crippen molar-refractivity contribution in [1.29, 1.82) is 0 Å². The summed E-state index contributed by atoms with van der Waals surface area (Å²) in [5.74, 6) is 1.11. The van der Waals surface area contributed by atoms with E-state index in [9.17, 15) is 13.2 Å². The minimum absolute atomic E-state index is 0.0256. The van der Waals surface area contributed by atoms with Crippen LogP contribution in [-0.2, 0) is 21.2 Å². The first kappa shape index (κ1) is 24.3. The van der Waals surface area contributed by atoms with E-state index < -0.39 is 10.0 Å². The first-order valence-electron chi connectivity index (χ1n) is 11.4. The molecule has 3 rings (SSSR count). The van der Waals surface area contributed by atoms with Crippen molar-refractivity contribution in [2.45, 2.75) is 44.9 Å². The van der Waals surface area contributed by atoms with Gasteiger partial charge in [-0.1, -0.05) is 44.2 Å². The minimum Gasteiger partial charge on any atom is -0.483 e. The number of amides is 1. The van der Waals surface area contributed by atoms with Crippen molar-refractivity contribution >= 4 is 15.9 Å². The van der Waals surface area contributed by atoms with E-state index in [1.54, 1.807) is 25.1 Å². The van der Waals surface area contributed by atoms with Crippen LogP contribution in [0.5, 0.6) is 5.75 Å². The second kappa shape index (κ2) is 11.0. The van der Waals surface area contributed by atoms with Gasteiger partial charge in [0.25, 0.3) is 5.91 Å². The van der Waals surface area contributed by atoms with E-state index >= 15 is 0 Å². The highest BCUT2D eigenvalue weighted by Gasteiger charge is 2.24. The second-order valence-electron chi connectivity index (χ2n) is 8.32. The number of likely N-dealkylation sites (tertiary alicyclic amines) is 1. The van der Waals surface area contributed by atoms with Gasteiger partial charge >= 0.3 is 0 Å². The van der Waals surface area contributed by atoms with E-state index in [1.807, 2.05) is 24.8 Å². The van der Waals surface area contributed by atoms with Gasteiger partial charge in [-0.25, -0.2) is 8.42 Å².